The van der Waals surface area contributed by atoms with E-state index < -0.39 is 38.6 Å². The van der Waals surface area contributed by atoms with Gasteiger partial charge >= 0.3 is 5.97 Å². The van der Waals surface area contributed by atoms with Gasteiger partial charge in [-0.15, -0.1) is 0 Å². The maximum absolute atomic E-state index is 14.1. The van der Waals surface area contributed by atoms with Crippen LogP contribution < -0.4 is 0 Å². The third kappa shape index (κ3) is 2.65. The van der Waals surface area contributed by atoms with E-state index in [-0.39, 0.29) is 18.8 Å². The van der Waals surface area contributed by atoms with Gasteiger partial charge < -0.3 is 4.74 Å². The van der Waals surface area contributed by atoms with Crippen LogP contribution in [0.5, 0.6) is 0 Å². The van der Waals surface area contributed by atoms with Gasteiger partial charge in [0.15, 0.2) is 9.84 Å². The highest BCUT2D eigenvalue weighted by molar-refractivity contribution is 7.91. The van der Waals surface area contributed by atoms with E-state index >= 15 is 0 Å². The summed E-state index contributed by atoms with van der Waals surface area (Å²) >= 11 is 0. The largest absolute Gasteiger partial charge is 0.468 e. The summed E-state index contributed by atoms with van der Waals surface area (Å²) in [6.45, 7) is 3.42. The average Bonchev–Trinajstić information content (AvgIpc) is 2.19. The molecule has 0 amide bonds. The standard InChI is InChI=1S/C11H18F2O4S/c1-8(2)6-10(9(14)17-3)4-5-18(15,16)7-11(10,12)13/h8H,4-7H2,1-3H3. The van der Waals surface area contributed by atoms with Gasteiger partial charge in [-0.05, 0) is 18.8 Å². The lowest BCUT2D eigenvalue weighted by Crippen LogP contribution is -2.57. The molecule has 0 aromatic carbocycles. The molecule has 1 heterocycles. The number of ether oxygens (including phenoxy) is 1. The van der Waals surface area contributed by atoms with Crippen molar-refractivity contribution < 1.29 is 26.7 Å². The summed E-state index contributed by atoms with van der Waals surface area (Å²) < 4.78 is 55.4. The third-order valence-electron chi connectivity index (χ3n) is 3.27. The molecule has 0 aromatic rings. The molecular weight excluding hydrogens is 266 g/mol. The molecule has 0 bridgehead atoms. The minimum absolute atomic E-state index is 0.0812. The van der Waals surface area contributed by atoms with Gasteiger partial charge in [0.2, 0.25) is 0 Å². The molecule has 1 fully saturated rings. The van der Waals surface area contributed by atoms with Crippen LogP contribution in [0.4, 0.5) is 8.78 Å². The van der Waals surface area contributed by atoms with E-state index in [1.165, 1.54) is 0 Å². The van der Waals surface area contributed by atoms with Crippen LogP contribution in [0.1, 0.15) is 26.7 Å². The van der Waals surface area contributed by atoms with Crippen LogP contribution in [0.15, 0.2) is 0 Å². The van der Waals surface area contributed by atoms with Crippen molar-refractivity contribution in [1.29, 1.82) is 0 Å². The smallest absolute Gasteiger partial charge is 0.318 e. The molecule has 1 atom stereocenters. The molecule has 18 heavy (non-hydrogen) atoms. The Morgan fingerprint density at radius 2 is 1.94 bits per heavy atom. The summed E-state index contributed by atoms with van der Waals surface area (Å²) in [6, 6.07) is 0. The number of alkyl halides is 2. The SMILES string of the molecule is COC(=O)C1(CC(C)C)CCS(=O)(=O)CC1(F)F. The molecule has 106 valence electrons. The number of esters is 1. The van der Waals surface area contributed by atoms with E-state index in [1.54, 1.807) is 13.8 Å². The van der Waals surface area contributed by atoms with E-state index in [1.807, 2.05) is 0 Å². The fourth-order valence-electron chi connectivity index (χ4n) is 2.48. The predicted molar refractivity (Wildman–Crippen MR) is 62.1 cm³/mol. The van der Waals surface area contributed by atoms with Gasteiger partial charge in [0.05, 0.1) is 12.9 Å². The average molecular weight is 284 g/mol. The molecule has 0 aliphatic carbocycles. The Bertz CT molecular complexity index is 430. The maximum atomic E-state index is 14.1. The number of carbonyl (C=O) groups is 1. The first-order chi connectivity index (χ1) is 8.06. The van der Waals surface area contributed by atoms with Crippen LogP contribution in [0, 0.1) is 11.3 Å². The monoisotopic (exact) mass is 284 g/mol. The first kappa shape index (κ1) is 15.3. The van der Waals surface area contributed by atoms with E-state index in [2.05, 4.69) is 4.74 Å². The fourth-order valence-corrected chi connectivity index (χ4v) is 4.11. The molecule has 0 spiro atoms. The second-order valence-electron chi connectivity index (χ2n) is 5.22. The highest BCUT2D eigenvalue weighted by atomic mass is 32.2. The van der Waals surface area contributed by atoms with E-state index in [0.29, 0.717) is 0 Å². The lowest BCUT2D eigenvalue weighted by molar-refractivity contribution is -0.183. The first-order valence-corrected chi connectivity index (χ1v) is 7.55. The van der Waals surface area contributed by atoms with Crippen LogP contribution in [0.2, 0.25) is 0 Å². The number of hydrogen-bond donors (Lipinski definition) is 0. The highest BCUT2D eigenvalue weighted by Gasteiger charge is 2.63. The summed E-state index contributed by atoms with van der Waals surface area (Å²) in [5, 5.41) is 0. The first-order valence-electron chi connectivity index (χ1n) is 5.73. The van der Waals surface area contributed by atoms with Gasteiger partial charge in [-0.25, -0.2) is 17.2 Å². The molecule has 0 aromatic heterocycles. The van der Waals surface area contributed by atoms with Gasteiger partial charge in [0.1, 0.15) is 11.2 Å². The van der Waals surface area contributed by atoms with Crippen molar-refractivity contribution in [2.24, 2.45) is 11.3 Å². The second-order valence-corrected chi connectivity index (χ2v) is 7.40. The van der Waals surface area contributed by atoms with Gasteiger partial charge in [-0.3, -0.25) is 4.79 Å². The molecule has 4 nitrogen and oxygen atoms in total. The summed E-state index contributed by atoms with van der Waals surface area (Å²) in [5.41, 5.74) is -2.01. The van der Waals surface area contributed by atoms with Crippen molar-refractivity contribution in [3.05, 3.63) is 0 Å². The van der Waals surface area contributed by atoms with Gasteiger partial charge in [-0.2, -0.15) is 0 Å². The van der Waals surface area contributed by atoms with Crippen LogP contribution >= 0.6 is 0 Å². The Labute approximate surface area is 106 Å². The van der Waals surface area contributed by atoms with E-state index in [9.17, 15) is 22.0 Å². The molecule has 0 N–H and O–H groups in total. The van der Waals surface area contributed by atoms with Crippen molar-refractivity contribution in [2.45, 2.75) is 32.6 Å². The van der Waals surface area contributed by atoms with Crippen LogP contribution in [0.25, 0.3) is 0 Å². The second kappa shape index (κ2) is 4.75. The Morgan fingerprint density at radius 1 is 1.39 bits per heavy atom. The number of carbonyl (C=O) groups excluding carboxylic acids is 1. The van der Waals surface area contributed by atoms with Gasteiger partial charge in [0, 0.05) is 0 Å². The Balaban J connectivity index is 3.22. The number of methoxy groups -OCH3 is 1. The zero-order valence-corrected chi connectivity index (χ0v) is 11.5. The molecule has 1 unspecified atom stereocenters. The molecule has 1 rings (SSSR count). The van der Waals surface area contributed by atoms with Crippen molar-refractivity contribution in [1.82, 2.24) is 0 Å². The van der Waals surface area contributed by atoms with Crippen molar-refractivity contribution in [3.63, 3.8) is 0 Å². The lowest BCUT2D eigenvalue weighted by Gasteiger charge is -2.41. The lowest BCUT2D eigenvalue weighted by atomic mass is 9.72. The van der Waals surface area contributed by atoms with Crippen molar-refractivity contribution in [2.75, 3.05) is 18.6 Å². The zero-order valence-electron chi connectivity index (χ0n) is 10.7. The molecule has 1 saturated heterocycles. The number of halogens is 2. The number of rotatable bonds is 3. The highest BCUT2D eigenvalue weighted by Crippen LogP contribution is 2.49. The predicted octanol–water partition coefficient (Wildman–Crippen LogP) is 1.65. The topological polar surface area (TPSA) is 60.4 Å². The Morgan fingerprint density at radius 3 is 2.33 bits per heavy atom. The molecule has 7 heteroatoms. The Hall–Kier alpha value is -0.720. The van der Waals surface area contributed by atoms with E-state index in [4.69, 9.17) is 0 Å². The third-order valence-corrected chi connectivity index (χ3v) is 4.90. The molecule has 0 radical (unpaired) electrons. The van der Waals surface area contributed by atoms with E-state index in [0.717, 1.165) is 7.11 Å². The number of sulfone groups is 1. The molecular formula is C11H18F2O4S. The molecule has 1 aliphatic heterocycles. The fraction of sp³-hybridized carbons (Fsp3) is 0.909. The summed E-state index contributed by atoms with van der Waals surface area (Å²) in [6.07, 6.45) is -0.463. The summed E-state index contributed by atoms with van der Waals surface area (Å²) in [7, 11) is -2.75. The number of hydrogen-bond acceptors (Lipinski definition) is 4. The van der Waals surface area contributed by atoms with Gasteiger partial charge in [0.25, 0.3) is 5.92 Å². The summed E-state index contributed by atoms with van der Waals surface area (Å²) in [4.78, 5) is 11.8. The zero-order chi connectivity index (χ0) is 14.2. The van der Waals surface area contributed by atoms with Gasteiger partial charge in [-0.1, -0.05) is 13.8 Å². The molecule has 1 aliphatic rings. The minimum Gasteiger partial charge on any atom is -0.468 e. The summed E-state index contributed by atoms with van der Waals surface area (Å²) in [5.74, 6) is -6.43. The van der Waals surface area contributed by atoms with Crippen LogP contribution in [-0.4, -0.2) is 38.9 Å². The van der Waals surface area contributed by atoms with Crippen molar-refractivity contribution >= 4 is 15.8 Å². The van der Waals surface area contributed by atoms with Crippen LogP contribution in [0.3, 0.4) is 0 Å². The quantitative estimate of drug-likeness (QED) is 0.739. The van der Waals surface area contributed by atoms with Crippen molar-refractivity contribution in [3.8, 4) is 0 Å². The maximum Gasteiger partial charge on any atom is 0.318 e. The van der Waals surface area contributed by atoms with Crippen LogP contribution in [-0.2, 0) is 19.4 Å². The Kier molecular flexibility index (Phi) is 4.05. The normalized spacial score (nSPS) is 30.1. The molecule has 0 saturated carbocycles. The minimum atomic E-state index is -3.80.